The number of phenolic OH excluding ortho intramolecular Hbond substituents is 1. The topological polar surface area (TPSA) is 103 Å². The summed E-state index contributed by atoms with van der Waals surface area (Å²) in [5.74, 6) is -0.302. The maximum Gasteiger partial charge on any atom is 0.340 e. The lowest BCUT2D eigenvalue weighted by molar-refractivity contribution is -0.116. The van der Waals surface area contributed by atoms with Crippen molar-refractivity contribution in [3.8, 4) is 11.5 Å². The number of carbonyl (C=O) groups excluding carboxylic acids is 2. The van der Waals surface area contributed by atoms with Crippen LogP contribution in [-0.4, -0.2) is 37.5 Å². The number of aryl methyl sites for hydroxylation is 1. The van der Waals surface area contributed by atoms with Gasteiger partial charge < -0.3 is 19.0 Å². The van der Waals surface area contributed by atoms with E-state index < -0.39 is 5.63 Å². The summed E-state index contributed by atoms with van der Waals surface area (Å²) in [4.78, 5) is 34.8. The van der Waals surface area contributed by atoms with Gasteiger partial charge in [-0.3, -0.25) is 9.59 Å². The number of fused-ring (bicyclic) bond motifs is 1. The third-order valence-corrected chi connectivity index (χ3v) is 3.62. The molecule has 1 N–H and O–H groups in total. The average Bonchev–Trinajstić information content (AvgIpc) is 2.51. The standard InChI is InChI=1S/C17H18O7/c1-9(19)6-11-10(2)15-14(23-5-4-22-3)7-13(20)12(8-18)16(15)24-17(11)21/h7-8,20H,4-6H2,1-3H3. The van der Waals surface area contributed by atoms with Gasteiger partial charge in [0.2, 0.25) is 0 Å². The van der Waals surface area contributed by atoms with Crippen molar-refractivity contribution >= 4 is 23.0 Å². The minimum absolute atomic E-state index is 0.0628. The van der Waals surface area contributed by atoms with E-state index in [9.17, 15) is 19.5 Å². The number of aldehydes is 1. The first-order valence-electron chi connectivity index (χ1n) is 7.29. The summed E-state index contributed by atoms with van der Waals surface area (Å²) >= 11 is 0. The molecule has 7 nitrogen and oxygen atoms in total. The molecule has 128 valence electrons. The van der Waals surface area contributed by atoms with Crippen LogP contribution in [-0.2, 0) is 16.0 Å². The molecule has 0 unspecified atom stereocenters. The van der Waals surface area contributed by atoms with Crippen LogP contribution in [0.1, 0.15) is 28.4 Å². The summed E-state index contributed by atoms with van der Waals surface area (Å²) in [5, 5.41) is 10.4. The van der Waals surface area contributed by atoms with Gasteiger partial charge in [-0.15, -0.1) is 0 Å². The Kier molecular flexibility index (Phi) is 5.35. The molecule has 0 amide bonds. The van der Waals surface area contributed by atoms with E-state index in [1.165, 1.54) is 20.1 Å². The second-order valence-electron chi connectivity index (χ2n) is 5.34. The maximum absolute atomic E-state index is 12.2. The zero-order chi connectivity index (χ0) is 17.9. The van der Waals surface area contributed by atoms with Crippen molar-refractivity contribution in [1.82, 2.24) is 0 Å². The molecule has 0 saturated carbocycles. The Morgan fingerprint density at radius 3 is 2.67 bits per heavy atom. The van der Waals surface area contributed by atoms with E-state index >= 15 is 0 Å². The Morgan fingerprint density at radius 1 is 1.38 bits per heavy atom. The Bertz CT molecular complexity index is 848. The quantitative estimate of drug-likeness (QED) is 0.467. The summed E-state index contributed by atoms with van der Waals surface area (Å²) in [6.45, 7) is 3.53. The number of methoxy groups -OCH3 is 1. The molecule has 0 aliphatic carbocycles. The normalized spacial score (nSPS) is 10.8. The Labute approximate surface area is 137 Å². The fraction of sp³-hybridized carbons (Fsp3) is 0.353. The van der Waals surface area contributed by atoms with Crippen molar-refractivity contribution in [3.63, 3.8) is 0 Å². The van der Waals surface area contributed by atoms with E-state index in [-0.39, 0.29) is 47.0 Å². The van der Waals surface area contributed by atoms with Crippen LogP contribution in [0, 0.1) is 6.92 Å². The molecule has 1 aromatic carbocycles. The summed E-state index contributed by atoms with van der Waals surface area (Å²) in [7, 11) is 1.52. The zero-order valence-corrected chi connectivity index (χ0v) is 13.7. The lowest BCUT2D eigenvalue weighted by atomic mass is 9.99. The first-order chi connectivity index (χ1) is 11.4. The van der Waals surface area contributed by atoms with Crippen LogP contribution in [0.25, 0.3) is 11.0 Å². The van der Waals surface area contributed by atoms with Gasteiger partial charge in [0.15, 0.2) is 11.9 Å². The van der Waals surface area contributed by atoms with Gasteiger partial charge in [-0.1, -0.05) is 0 Å². The van der Waals surface area contributed by atoms with Crippen molar-refractivity contribution in [1.29, 1.82) is 0 Å². The van der Waals surface area contributed by atoms with Gasteiger partial charge in [-0.25, -0.2) is 4.79 Å². The largest absolute Gasteiger partial charge is 0.507 e. The number of aromatic hydroxyl groups is 1. The predicted molar refractivity (Wildman–Crippen MR) is 86.0 cm³/mol. The van der Waals surface area contributed by atoms with E-state index in [0.29, 0.717) is 23.8 Å². The number of ether oxygens (including phenoxy) is 2. The van der Waals surface area contributed by atoms with Gasteiger partial charge in [0.25, 0.3) is 0 Å². The van der Waals surface area contributed by atoms with Crippen molar-refractivity contribution in [2.45, 2.75) is 20.3 Å². The number of rotatable bonds is 7. The predicted octanol–water partition coefficient (Wildman–Crippen LogP) is 1.78. The van der Waals surface area contributed by atoms with Crippen molar-refractivity contribution in [2.24, 2.45) is 0 Å². The van der Waals surface area contributed by atoms with E-state index in [0.717, 1.165) is 0 Å². The van der Waals surface area contributed by atoms with Crippen molar-refractivity contribution in [2.75, 3.05) is 20.3 Å². The number of hydrogen-bond acceptors (Lipinski definition) is 7. The van der Waals surface area contributed by atoms with Crippen molar-refractivity contribution < 1.29 is 28.6 Å². The van der Waals surface area contributed by atoms with Gasteiger partial charge in [0.05, 0.1) is 17.6 Å². The second-order valence-corrected chi connectivity index (χ2v) is 5.34. The third kappa shape index (κ3) is 3.30. The van der Waals surface area contributed by atoms with E-state index in [4.69, 9.17) is 13.9 Å². The van der Waals surface area contributed by atoms with Crippen LogP contribution in [0.15, 0.2) is 15.3 Å². The monoisotopic (exact) mass is 334 g/mol. The Hall–Kier alpha value is -2.67. The molecular formula is C17H18O7. The molecule has 0 aliphatic heterocycles. The molecular weight excluding hydrogens is 316 g/mol. The first-order valence-corrected chi connectivity index (χ1v) is 7.29. The van der Waals surface area contributed by atoms with Crippen molar-refractivity contribution in [3.05, 3.63) is 33.2 Å². The Morgan fingerprint density at radius 2 is 2.08 bits per heavy atom. The summed E-state index contributed by atoms with van der Waals surface area (Å²) in [6, 6.07) is 1.28. The number of hydrogen-bond donors (Lipinski definition) is 1. The number of carbonyl (C=O) groups is 2. The molecule has 0 radical (unpaired) electrons. The molecule has 0 bridgehead atoms. The highest BCUT2D eigenvalue weighted by atomic mass is 16.5. The maximum atomic E-state index is 12.2. The Balaban J connectivity index is 2.78. The third-order valence-electron chi connectivity index (χ3n) is 3.62. The highest BCUT2D eigenvalue weighted by molar-refractivity contribution is 6.02. The van der Waals surface area contributed by atoms with E-state index in [2.05, 4.69) is 0 Å². The van der Waals surface area contributed by atoms with Gasteiger partial charge in [-0.2, -0.15) is 0 Å². The molecule has 0 fully saturated rings. The van der Waals surface area contributed by atoms with Crippen LogP contribution >= 0.6 is 0 Å². The summed E-state index contributed by atoms with van der Waals surface area (Å²) in [5.41, 5.74) is -0.237. The molecule has 1 heterocycles. The lowest BCUT2D eigenvalue weighted by Crippen LogP contribution is -2.15. The molecule has 0 aliphatic rings. The molecule has 1 aromatic heterocycles. The van der Waals surface area contributed by atoms with Gasteiger partial charge in [-0.05, 0) is 19.4 Å². The van der Waals surface area contributed by atoms with Gasteiger partial charge in [0, 0.05) is 25.2 Å². The van der Waals surface area contributed by atoms with Crippen LogP contribution < -0.4 is 10.4 Å². The number of Topliss-reactive ketones (excluding diaryl/α,β-unsaturated/α-hetero) is 1. The lowest BCUT2D eigenvalue weighted by Gasteiger charge is -2.14. The minimum Gasteiger partial charge on any atom is -0.507 e. The molecule has 7 heteroatoms. The second kappa shape index (κ2) is 7.27. The van der Waals surface area contributed by atoms with Crippen LogP contribution in [0.4, 0.5) is 0 Å². The summed E-state index contributed by atoms with van der Waals surface area (Å²) in [6.07, 6.45) is 0.322. The fourth-order valence-electron chi connectivity index (χ4n) is 2.47. The minimum atomic E-state index is -0.716. The highest BCUT2D eigenvalue weighted by Crippen LogP contribution is 2.36. The van der Waals surface area contributed by atoms with Gasteiger partial charge >= 0.3 is 5.63 Å². The average molecular weight is 334 g/mol. The van der Waals surface area contributed by atoms with E-state index in [1.54, 1.807) is 6.92 Å². The van der Waals surface area contributed by atoms with Gasteiger partial charge in [0.1, 0.15) is 23.9 Å². The highest BCUT2D eigenvalue weighted by Gasteiger charge is 2.21. The molecule has 2 aromatic rings. The van der Waals surface area contributed by atoms with E-state index in [1.807, 2.05) is 0 Å². The molecule has 2 rings (SSSR count). The van der Waals surface area contributed by atoms with Crippen LogP contribution in [0.5, 0.6) is 11.5 Å². The molecule has 0 spiro atoms. The number of phenols is 1. The smallest absolute Gasteiger partial charge is 0.340 e. The van der Waals surface area contributed by atoms with Crippen LogP contribution in [0.3, 0.4) is 0 Å². The zero-order valence-electron chi connectivity index (χ0n) is 13.7. The first kappa shape index (κ1) is 17.7. The fourth-order valence-corrected chi connectivity index (χ4v) is 2.47. The molecule has 0 saturated heterocycles. The summed E-state index contributed by atoms with van der Waals surface area (Å²) < 4.78 is 15.7. The molecule has 0 atom stereocenters. The number of benzene rings is 1. The number of ketones is 1. The van der Waals surface area contributed by atoms with Crippen LogP contribution in [0.2, 0.25) is 0 Å². The molecule has 24 heavy (non-hydrogen) atoms. The SMILES string of the molecule is COCCOc1cc(O)c(C=O)c2oc(=O)c(CC(C)=O)c(C)c12.